The predicted octanol–water partition coefficient (Wildman–Crippen LogP) is 7.00. The molecule has 1 saturated heterocycles. The van der Waals surface area contributed by atoms with Crippen molar-refractivity contribution >= 4 is 35.4 Å². The monoisotopic (exact) mass is 457 g/mol. The molecule has 3 rings (SSSR count). The van der Waals surface area contributed by atoms with E-state index in [-0.39, 0.29) is 23.9 Å². The second kappa shape index (κ2) is 10.0. The van der Waals surface area contributed by atoms with Crippen LogP contribution in [-0.4, -0.2) is 23.1 Å². The Hall–Kier alpha value is -2.10. The Kier molecular flexibility index (Phi) is 7.61. The van der Waals surface area contributed by atoms with Crippen LogP contribution in [0.1, 0.15) is 62.6 Å². The minimum absolute atomic E-state index is 0.0169. The molecule has 1 unspecified atom stereocenters. The molecule has 0 aromatic heterocycles. The Balaban J connectivity index is 2.23. The molecule has 1 aliphatic heterocycles. The van der Waals surface area contributed by atoms with Gasteiger partial charge in [-0.3, -0.25) is 4.79 Å². The van der Waals surface area contributed by atoms with E-state index in [9.17, 15) is 9.59 Å². The van der Waals surface area contributed by atoms with Crippen molar-refractivity contribution in [1.29, 1.82) is 0 Å². The Labute approximate surface area is 195 Å². The smallest absolute Gasteiger partial charge is 0.229 e. The molecular weight excluding hydrogens is 429 g/mol. The van der Waals surface area contributed by atoms with E-state index in [4.69, 9.17) is 23.2 Å². The summed E-state index contributed by atoms with van der Waals surface area (Å²) in [6, 6.07) is 15.1. The molecule has 0 aliphatic carbocycles. The molecule has 1 amide bonds. The van der Waals surface area contributed by atoms with Gasteiger partial charge in [0.05, 0.1) is 11.5 Å². The molecule has 0 saturated carbocycles. The first kappa shape index (κ1) is 23.6. The van der Waals surface area contributed by atoms with E-state index in [2.05, 4.69) is 12.6 Å². The van der Waals surface area contributed by atoms with Crippen LogP contribution in [0.3, 0.4) is 0 Å². The van der Waals surface area contributed by atoms with E-state index in [1.54, 1.807) is 0 Å². The van der Waals surface area contributed by atoms with Gasteiger partial charge in [0, 0.05) is 28.4 Å². The zero-order valence-corrected chi connectivity index (χ0v) is 19.6. The molecule has 2 aromatic carbocycles. The molecule has 5 heteroatoms. The highest BCUT2D eigenvalue weighted by molar-refractivity contribution is 6.30. The fourth-order valence-electron chi connectivity index (χ4n) is 4.88. The number of hydrogen-bond acceptors (Lipinski definition) is 2. The first-order valence-corrected chi connectivity index (χ1v) is 11.5. The number of benzene rings is 2. The summed E-state index contributed by atoms with van der Waals surface area (Å²) in [6.07, 6.45) is 4.96. The molecule has 0 N–H and O–H groups in total. The fraction of sp³-hybridized carbons (Fsp3) is 0.385. The van der Waals surface area contributed by atoms with Crippen LogP contribution < -0.4 is 0 Å². The van der Waals surface area contributed by atoms with Crippen LogP contribution in [-0.2, 0) is 9.59 Å². The zero-order chi connectivity index (χ0) is 22.6. The summed E-state index contributed by atoms with van der Waals surface area (Å²) >= 11 is 12.5. The highest BCUT2D eigenvalue weighted by atomic mass is 35.5. The lowest BCUT2D eigenvalue weighted by molar-refractivity contribution is -0.154. The number of carbonyl (C=O) groups excluding carboxylic acids is 2. The summed E-state index contributed by atoms with van der Waals surface area (Å²) in [7, 11) is 0. The van der Waals surface area contributed by atoms with Crippen LogP contribution in [0.4, 0.5) is 0 Å². The standard InChI is InChI=1S/C26H29Cl2NO2/c1-4-14-26(3)17-23(19-7-6-8-21(28)16-19)24(18-9-11-20(27)12-10-18)29(25(26)31)22(5-2)13-15-30/h4,6-12,15-16,22-24H,1,5,13-14,17H2,2-3H3/t22-,23+,24?,26-/m0/s1. The quantitative estimate of drug-likeness (QED) is 0.316. The third kappa shape index (κ3) is 4.88. The van der Waals surface area contributed by atoms with Gasteiger partial charge in [0.1, 0.15) is 6.29 Å². The summed E-state index contributed by atoms with van der Waals surface area (Å²) in [4.78, 5) is 27.4. The normalized spacial score (nSPS) is 24.6. The highest BCUT2D eigenvalue weighted by Gasteiger charge is 2.50. The first-order valence-electron chi connectivity index (χ1n) is 10.7. The minimum Gasteiger partial charge on any atom is -0.331 e. The van der Waals surface area contributed by atoms with E-state index in [1.165, 1.54) is 0 Å². The van der Waals surface area contributed by atoms with Crippen LogP contribution in [0.15, 0.2) is 61.2 Å². The fourth-order valence-corrected chi connectivity index (χ4v) is 5.20. The topological polar surface area (TPSA) is 37.4 Å². The zero-order valence-electron chi connectivity index (χ0n) is 18.1. The number of likely N-dealkylation sites (tertiary alicyclic amines) is 1. The molecular formula is C26H29Cl2NO2. The average Bonchev–Trinajstić information content (AvgIpc) is 2.75. The molecule has 4 atom stereocenters. The summed E-state index contributed by atoms with van der Waals surface area (Å²) < 4.78 is 0. The number of aldehydes is 1. The Morgan fingerprint density at radius 1 is 1.16 bits per heavy atom. The van der Waals surface area contributed by atoms with Crippen molar-refractivity contribution < 1.29 is 9.59 Å². The SMILES string of the molecule is C=CC[C@@]1(C)C[C@H](c2cccc(Cl)c2)C(c2ccc(Cl)cc2)N([C@@H](CC)CC=O)C1=O. The number of allylic oxidation sites excluding steroid dienone is 1. The van der Waals surface area contributed by atoms with E-state index in [0.717, 1.165) is 17.4 Å². The van der Waals surface area contributed by atoms with Gasteiger partial charge in [-0.05, 0) is 54.7 Å². The van der Waals surface area contributed by atoms with E-state index < -0.39 is 5.41 Å². The van der Waals surface area contributed by atoms with Gasteiger partial charge in [-0.1, -0.05) is 67.4 Å². The molecule has 2 aromatic rings. The molecule has 1 aliphatic rings. The highest BCUT2D eigenvalue weighted by Crippen LogP contribution is 2.52. The molecule has 0 spiro atoms. The van der Waals surface area contributed by atoms with Crippen molar-refractivity contribution in [2.45, 2.75) is 57.5 Å². The average molecular weight is 458 g/mol. The van der Waals surface area contributed by atoms with Gasteiger partial charge in [-0.15, -0.1) is 6.58 Å². The van der Waals surface area contributed by atoms with Crippen LogP contribution in [0.2, 0.25) is 10.0 Å². The van der Waals surface area contributed by atoms with Crippen molar-refractivity contribution in [3.05, 3.63) is 82.4 Å². The van der Waals surface area contributed by atoms with Gasteiger partial charge in [0.25, 0.3) is 0 Å². The maximum Gasteiger partial charge on any atom is 0.229 e. The van der Waals surface area contributed by atoms with Gasteiger partial charge in [-0.25, -0.2) is 0 Å². The van der Waals surface area contributed by atoms with Crippen molar-refractivity contribution in [1.82, 2.24) is 4.90 Å². The molecule has 164 valence electrons. The van der Waals surface area contributed by atoms with Crippen LogP contribution in [0.25, 0.3) is 0 Å². The molecule has 1 fully saturated rings. The summed E-state index contributed by atoms with van der Waals surface area (Å²) in [5.41, 5.74) is 1.49. The van der Waals surface area contributed by atoms with Crippen molar-refractivity contribution in [2.24, 2.45) is 5.41 Å². The summed E-state index contributed by atoms with van der Waals surface area (Å²) in [5, 5.41) is 1.31. The Bertz CT molecular complexity index is 943. The molecule has 0 radical (unpaired) electrons. The van der Waals surface area contributed by atoms with Gasteiger partial charge < -0.3 is 9.69 Å². The summed E-state index contributed by atoms with van der Waals surface area (Å²) in [5.74, 6) is 0.0857. The van der Waals surface area contributed by atoms with Gasteiger partial charge >= 0.3 is 0 Å². The first-order chi connectivity index (χ1) is 14.8. The number of hydrogen-bond donors (Lipinski definition) is 0. The van der Waals surface area contributed by atoms with Crippen LogP contribution >= 0.6 is 23.2 Å². The van der Waals surface area contributed by atoms with Gasteiger partial charge in [-0.2, -0.15) is 0 Å². The lowest BCUT2D eigenvalue weighted by atomic mass is 9.67. The molecule has 3 nitrogen and oxygen atoms in total. The van der Waals surface area contributed by atoms with E-state index >= 15 is 0 Å². The van der Waals surface area contributed by atoms with Crippen molar-refractivity contribution in [2.75, 3.05) is 0 Å². The lowest BCUT2D eigenvalue weighted by Crippen LogP contribution is -2.55. The second-order valence-electron chi connectivity index (χ2n) is 8.59. The largest absolute Gasteiger partial charge is 0.331 e. The number of rotatable bonds is 8. The molecule has 1 heterocycles. The Morgan fingerprint density at radius 2 is 1.87 bits per heavy atom. The van der Waals surface area contributed by atoms with Crippen molar-refractivity contribution in [3.63, 3.8) is 0 Å². The predicted molar refractivity (Wildman–Crippen MR) is 128 cm³/mol. The van der Waals surface area contributed by atoms with Crippen molar-refractivity contribution in [3.8, 4) is 0 Å². The third-order valence-electron chi connectivity index (χ3n) is 6.42. The molecule has 31 heavy (non-hydrogen) atoms. The number of piperidine rings is 1. The van der Waals surface area contributed by atoms with Gasteiger partial charge in [0.2, 0.25) is 5.91 Å². The van der Waals surface area contributed by atoms with E-state index in [1.807, 2.05) is 67.3 Å². The number of halogens is 2. The number of nitrogens with zero attached hydrogens (tertiary/aromatic N) is 1. The lowest BCUT2D eigenvalue weighted by Gasteiger charge is -2.52. The maximum atomic E-state index is 13.9. The second-order valence-corrected chi connectivity index (χ2v) is 9.47. The Morgan fingerprint density at radius 3 is 2.45 bits per heavy atom. The minimum atomic E-state index is -0.603. The third-order valence-corrected chi connectivity index (χ3v) is 6.91. The maximum absolute atomic E-state index is 13.9. The van der Waals surface area contributed by atoms with Crippen LogP contribution in [0.5, 0.6) is 0 Å². The number of carbonyl (C=O) groups is 2. The molecule has 0 bridgehead atoms. The summed E-state index contributed by atoms with van der Waals surface area (Å²) in [6.45, 7) is 7.93. The van der Waals surface area contributed by atoms with Crippen LogP contribution in [0, 0.1) is 5.41 Å². The number of amides is 1. The van der Waals surface area contributed by atoms with E-state index in [0.29, 0.717) is 35.7 Å². The van der Waals surface area contributed by atoms with Gasteiger partial charge in [0.15, 0.2) is 0 Å².